The Morgan fingerprint density at radius 3 is 2.36 bits per heavy atom. The van der Waals surface area contributed by atoms with Gasteiger partial charge in [0.15, 0.2) is 0 Å². The molecule has 3 aliphatic rings. The number of halogens is 1. The molecule has 0 N–H and O–H groups in total. The number of rotatable bonds is 4. The molecule has 0 bridgehead atoms. The van der Waals surface area contributed by atoms with Crippen molar-refractivity contribution in [3.05, 3.63) is 35.6 Å². The maximum Gasteiger partial charge on any atom is 0.227 e. The van der Waals surface area contributed by atoms with E-state index in [1.807, 2.05) is 21.9 Å². The molecule has 4 nitrogen and oxygen atoms in total. The minimum absolute atomic E-state index is 0.0213. The van der Waals surface area contributed by atoms with Gasteiger partial charge in [0.2, 0.25) is 11.8 Å². The van der Waals surface area contributed by atoms with Crippen LogP contribution >= 0.6 is 0 Å². The lowest BCUT2D eigenvalue weighted by Gasteiger charge is -2.39. The SMILES string of the molecule is O=C([C@H]1CCC(=O)N(C2CCCC2)C1)N1CCC(Cc2ccc(F)cc2)CC1. The summed E-state index contributed by atoms with van der Waals surface area (Å²) in [6.07, 6.45) is 8.79. The largest absolute Gasteiger partial charge is 0.342 e. The summed E-state index contributed by atoms with van der Waals surface area (Å²) in [5.74, 6) is 0.829. The topological polar surface area (TPSA) is 40.6 Å². The van der Waals surface area contributed by atoms with Crippen molar-refractivity contribution in [2.24, 2.45) is 11.8 Å². The second kappa shape index (κ2) is 8.62. The minimum Gasteiger partial charge on any atom is -0.342 e. The van der Waals surface area contributed by atoms with E-state index in [1.165, 1.54) is 30.5 Å². The molecule has 3 fully saturated rings. The van der Waals surface area contributed by atoms with Crippen LogP contribution in [0.2, 0.25) is 0 Å². The van der Waals surface area contributed by atoms with Crippen LogP contribution in [-0.4, -0.2) is 47.3 Å². The molecule has 2 saturated heterocycles. The Bertz CT molecular complexity index is 691. The standard InChI is InChI=1S/C23H31FN2O2/c24-20-8-5-17(6-9-20)15-18-11-13-25(14-12-18)23(28)19-7-10-22(27)26(16-19)21-3-1-2-4-21/h5-6,8-9,18-19,21H,1-4,7,10-16H2/t19-/m0/s1. The number of hydrogen-bond acceptors (Lipinski definition) is 2. The quantitative estimate of drug-likeness (QED) is 0.790. The van der Waals surface area contributed by atoms with Gasteiger partial charge in [-0.05, 0) is 62.1 Å². The number of hydrogen-bond donors (Lipinski definition) is 0. The van der Waals surface area contributed by atoms with E-state index in [0.717, 1.165) is 45.2 Å². The van der Waals surface area contributed by atoms with Crippen molar-refractivity contribution in [1.29, 1.82) is 0 Å². The van der Waals surface area contributed by atoms with E-state index in [4.69, 9.17) is 0 Å². The van der Waals surface area contributed by atoms with Crippen LogP contribution in [0.4, 0.5) is 4.39 Å². The summed E-state index contributed by atoms with van der Waals surface area (Å²) in [5.41, 5.74) is 1.17. The Hall–Kier alpha value is -1.91. The molecule has 2 amide bonds. The van der Waals surface area contributed by atoms with Gasteiger partial charge in [-0.2, -0.15) is 0 Å². The summed E-state index contributed by atoms with van der Waals surface area (Å²) in [5, 5.41) is 0. The lowest BCUT2D eigenvalue weighted by molar-refractivity contribution is -0.145. The average Bonchev–Trinajstić information content (AvgIpc) is 3.25. The maximum absolute atomic E-state index is 13.1. The first-order valence-electron chi connectivity index (χ1n) is 10.9. The van der Waals surface area contributed by atoms with Crippen LogP contribution in [0.25, 0.3) is 0 Å². The van der Waals surface area contributed by atoms with Gasteiger partial charge in [0, 0.05) is 32.1 Å². The number of carbonyl (C=O) groups is 2. The smallest absolute Gasteiger partial charge is 0.227 e. The van der Waals surface area contributed by atoms with Gasteiger partial charge >= 0.3 is 0 Å². The fraction of sp³-hybridized carbons (Fsp3) is 0.652. The highest BCUT2D eigenvalue weighted by Crippen LogP contribution is 2.30. The average molecular weight is 387 g/mol. The molecule has 2 heterocycles. The van der Waals surface area contributed by atoms with E-state index in [-0.39, 0.29) is 23.5 Å². The number of carbonyl (C=O) groups excluding carboxylic acids is 2. The highest BCUT2D eigenvalue weighted by molar-refractivity contribution is 5.84. The number of likely N-dealkylation sites (tertiary alicyclic amines) is 2. The molecule has 1 aromatic rings. The molecule has 152 valence electrons. The van der Waals surface area contributed by atoms with Crippen LogP contribution in [0.15, 0.2) is 24.3 Å². The molecule has 0 unspecified atom stereocenters. The molecular weight excluding hydrogens is 355 g/mol. The summed E-state index contributed by atoms with van der Waals surface area (Å²) >= 11 is 0. The van der Waals surface area contributed by atoms with Gasteiger partial charge in [0.05, 0.1) is 5.92 Å². The molecule has 1 aromatic carbocycles. The zero-order valence-electron chi connectivity index (χ0n) is 16.6. The van der Waals surface area contributed by atoms with Crippen molar-refractivity contribution in [2.75, 3.05) is 19.6 Å². The van der Waals surface area contributed by atoms with Gasteiger partial charge in [-0.1, -0.05) is 25.0 Å². The zero-order chi connectivity index (χ0) is 19.5. The minimum atomic E-state index is -0.193. The van der Waals surface area contributed by atoms with E-state index in [2.05, 4.69) is 0 Å². The Balaban J connectivity index is 1.28. The van der Waals surface area contributed by atoms with Crippen LogP contribution in [0.1, 0.15) is 56.9 Å². The second-order valence-electron chi connectivity index (χ2n) is 8.82. The van der Waals surface area contributed by atoms with Gasteiger partial charge in [0.1, 0.15) is 5.82 Å². The molecule has 0 radical (unpaired) electrons. The normalized spacial score (nSPS) is 24.8. The van der Waals surface area contributed by atoms with Gasteiger partial charge in [-0.15, -0.1) is 0 Å². The van der Waals surface area contributed by atoms with E-state index >= 15 is 0 Å². The summed E-state index contributed by atoms with van der Waals surface area (Å²) < 4.78 is 13.1. The second-order valence-corrected chi connectivity index (χ2v) is 8.82. The van der Waals surface area contributed by atoms with Crippen molar-refractivity contribution >= 4 is 11.8 Å². The summed E-state index contributed by atoms with van der Waals surface area (Å²) in [6.45, 7) is 2.23. The maximum atomic E-state index is 13.1. The highest BCUT2D eigenvalue weighted by Gasteiger charge is 2.37. The first-order valence-corrected chi connectivity index (χ1v) is 10.9. The molecule has 4 rings (SSSR count). The van der Waals surface area contributed by atoms with Gasteiger partial charge in [-0.3, -0.25) is 9.59 Å². The summed E-state index contributed by atoms with van der Waals surface area (Å²) in [7, 11) is 0. The lowest BCUT2D eigenvalue weighted by atomic mass is 9.88. The van der Waals surface area contributed by atoms with E-state index in [0.29, 0.717) is 31.3 Å². The molecular formula is C23H31FN2O2. The van der Waals surface area contributed by atoms with Crippen LogP contribution in [0, 0.1) is 17.7 Å². The Kier molecular flexibility index (Phi) is 5.98. The van der Waals surface area contributed by atoms with Crippen LogP contribution in [0.3, 0.4) is 0 Å². The third kappa shape index (κ3) is 4.39. The molecule has 28 heavy (non-hydrogen) atoms. The number of piperidine rings is 2. The highest BCUT2D eigenvalue weighted by atomic mass is 19.1. The third-order valence-corrected chi connectivity index (χ3v) is 6.92. The third-order valence-electron chi connectivity index (χ3n) is 6.92. The molecule has 0 aromatic heterocycles. The fourth-order valence-corrected chi connectivity index (χ4v) is 5.21. The summed E-state index contributed by atoms with van der Waals surface area (Å²) in [4.78, 5) is 29.4. The van der Waals surface area contributed by atoms with E-state index in [1.54, 1.807) is 0 Å². The first-order chi connectivity index (χ1) is 13.6. The van der Waals surface area contributed by atoms with Crippen molar-refractivity contribution in [3.63, 3.8) is 0 Å². The predicted octanol–water partition coefficient (Wildman–Crippen LogP) is 3.79. The summed E-state index contributed by atoms with van der Waals surface area (Å²) in [6, 6.07) is 7.14. The van der Waals surface area contributed by atoms with Crippen molar-refractivity contribution in [3.8, 4) is 0 Å². The van der Waals surface area contributed by atoms with Crippen LogP contribution in [-0.2, 0) is 16.0 Å². The molecule has 1 saturated carbocycles. The van der Waals surface area contributed by atoms with Crippen molar-refractivity contribution in [1.82, 2.24) is 9.80 Å². The number of amides is 2. The van der Waals surface area contributed by atoms with E-state index in [9.17, 15) is 14.0 Å². The lowest BCUT2D eigenvalue weighted by Crippen LogP contribution is -2.51. The predicted molar refractivity (Wildman–Crippen MR) is 106 cm³/mol. The van der Waals surface area contributed by atoms with Gasteiger partial charge < -0.3 is 9.80 Å². The van der Waals surface area contributed by atoms with Gasteiger partial charge in [-0.25, -0.2) is 4.39 Å². The van der Waals surface area contributed by atoms with Crippen molar-refractivity contribution < 1.29 is 14.0 Å². The Morgan fingerprint density at radius 2 is 1.68 bits per heavy atom. The number of benzene rings is 1. The first kappa shape index (κ1) is 19.4. The molecule has 0 spiro atoms. The monoisotopic (exact) mass is 386 g/mol. The molecule has 5 heteroatoms. The van der Waals surface area contributed by atoms with E-state index < -0.39 is 0 Å². The molecule has 2 aliphatic heterocycles. The van der Waals surface area contributed by atoms with Crippen LogP contribution < -0.4 is 0 Å². The number of nitrogens with zero attached hydrogens (tertiary/aromatic N) is 2. The Labute approximate surface area is 167 Å². The molecule has 1 atom stereocenters. The van der Waals surface area contributed by atoms with Crippen LogP contribution in [0.5, 0.6) is 0 Å². The zero-order valence-corrected chi connectivity index (χ0v) is 16.6. The van der Waals surface area contributed by atoms with Crippen molar-refractivity contribution in [2.45, 2.75) is 63.8 Å². The fourth-order valence-electron chi connectivity index (χ4n) is 5.21. The van der Waals surface area contributed by atoms with Gasteiger partial charge in [0.25, 0.3) is 0 Å². The Morgan fingerprint density at radius 1 is 1.00 bits per heavy atom. The molecule has 1 aliphatic carbocycles.